The number of nitro groups is 2. The molecule has 2 N–H and O–H groups in total. The largest absolute Gasteiger partial charge is 0.382 e. The molecular formula is C26H45N5O8SSi. The Kier molecular flexibility index (Phi) is 14.6. The van der Waals surface area contributed by atoms with E-state index in [0.717, 1.165) is 44.0 Å². The first kappa shape index (κ1) is 34.6. The highest BCUT2D eigenvalue weighted by Crippen LogP contribution is 2.40. The van der Waals surface area contributed by atoms with Crippen molar-refractivity contribution in [2.24, 2.45) is 0 Å². The van der Waals surface area contributed by atoms with Gasteiger partial charge in [0.15, 0.2) is 5.69 Å². The second-order valence-electron chi connectivity index (χ2n) is 10.5. The summed E-state index contributed by atoms with van der Waals surface area (Å²) in [4.78, 5) is 35.3. The van der Waals surface area contributed by atoms with Crippen LogP contribution in [0.4, 0.5) is 17.1 Å². The Hall–Kier alpha value is -2.62. The van der Waals surface area contributed by atoms with E-state index in [1.54, 1.807) is 4.90 Å². The van der Waals surface area contributed by atoms with Crippen molar-refractivity contribution >= 4 is 41.8 Å². The van der Waals surface area contributed by atoms with Crippen LogP contribution in [0.15, 0.2) is 17.0 Å². The average molecular weight is 616 g/mol. The molecule has 0 aromatic heterocycles. The van der Waals surface area contributed by atoms with Gasteiger partial charge in [-0.25, -0.2) is 13.1 Å². The molecule has 0 spiro atoms. The number of hydrogen-bond acceptors (Lipinski definition) is 9. The van der Waals surface area contributed by atoms with Gasteiger partial charge in [-0.15, -0.1) is 0 Å². The van der Waals surface area contributed by atoms with E-state index >= 15 is 0 Å². The summed E-state index contributed by atoms with van der Waals surface area (Å²) in [7, 11) is -5.23. The van der Waals surface area contributed by atoms with E-state index in [-0.39, 0.29) is 24.6 Å². The van der Waals surface area contributed by atoms with Gasteiger partial charge in [-0.05, 0) is 51.4 Å². The summed E-state index contributed by atoms with van der Waals surface area (Å²) >= 11 is 0. The van der Waals surface area contributed by atoms with Crippen LogP contribution in [0.5, 0.6) is 0 Å². The first-order valence-electron chi connectivity index (χ1n) is 14.6. The molecule has 41 heavy (non-hydrogen) atoms. The fourth-order valence-electron chi connectivity index (χ4n) is 5.05. The maximum absolute atomic E-state index is 12.9. The number of unbranched alkanes of at least 4 members (excludes halogenated alkanes) is 1. The van der Waals surface area contributed by atoms with Gasteiger partial charge in [0.05, 0.1) is 23.5 Å². The summed E-state index contributed by atoms with van der Waals surface area (Å²) in [5.41, 5.74) is -0.994. The second-order valence-corrected chi connectivity index (χ2v) is 15.6. The quantitative estimate of drug-likeness (QED) is 0.101. The number of nitrogens with one attached hydrogen (secondary N) is 2. The Balaban J connectivity index is 1.89. The molecule has 2 unspecified atom stereocenters. The van der Waals surface area contributed by atoms with Crippen LogP contribution < -0.4 is 14.9 Å². The molecule has 0 radical (unpaired) electrons. The van der Waals surface area contributed by atoms with Crippen molar-refractivity contribution < 1.29 is 27.8 Å². The lowest BCUT2D eigenvalue weighted by molar-refractivity contribution is -0.393. The lowest BCUT2D eigenvalue weighted by Gasteiger charge is -2.27. The Morgan fingerprint density at radius 3 is 2.22 bits per heavy atom. The zero-order chi connectivity index (χ0) is 30.4. The maximum atomic E-state index is 12.9. The minimum absolute atomic E-state index is 0.0126. The number of carbonyl (C=O) groups is 1. The van der Waals surface area contributed by atoms with Crippen molar-refractivity contribution in [1.82, 2.24) is 10.0 Å². The van der Waals surface area contributed by atoms with Crippen LogP contribution in [0.1, 0.15) is 71.6 Å². The molecule has 1 amide bonds. The lowest BCUT2D eigenvalue weighted by Crippen LogP contribution is -2.34. The van der Waals surface area contributed by atoms with Crippen LogP contribution in [0.25, 0.3) is 0 Å². The van der Waals surface area contributed by atoms with E-state index in [1.807, 2.05) is 13.8 Å². The Morgan fingerprint density at radius 2 is 1.68 bits per heavy atom. The Morgan fingerprint density at radius 1 is 1.05 bits per heavy atom. The highest BCUT2D eigenvalue weighted by atomic mass is 32.2. The van der Waals surface area contributed by atoms with Crippen molar-refractivity contribution in [2.75, 3.05) is 37.7 Å². The van der Waals surface area contributed by atoms with E-state index in [2.05, 4.69) is 16.6 Å². The van der Waals surface area contributed by atoms with Gasteiger partial charge in [0, 0.05) is 57.1 Å². The molecule has 0 saturated carbocycles. The lowest BCUT2D eigenvalue weighted by atomic mass is 10.2. The third-order valence-corrected chi connectivity index (χ3v) is 11.7. The molecule has 2 atom stereocenters. The third-order valence-electron chi connectivity index (χ3n) is 7.18. The van der Waals surface area contributed by atoms with E-state index in [9.17, 15) is 33.4 Å². The molecule has 232 valence electrons. The van der Waals surface area contributed by atoms with Crippen molar-refractivity contribution in [2.45, 2.75) is 94.8 Å². The zero-order valence-corrected chi connectivity index (χ0v) is 26.4. The molecular weight excluding hydrogens is 570 g/mol. The summed E-state index contributed by atoms with van der Waals surface area (Å²) in [6, 6.07) is 2.86. The standard InChI is InChI=1S/C26H45N5O8SSi/c1-4-15-29(16-5-2)26-22(30(33)34)19-21(20-23(26)31(35)36)40(37,38)28-14-8-6-11-24(32)27-13-10-18-41(3)25-12-7-9-17-39-25/h19-20,25,28,41H,4-18H2,1-3H3,(H,27,32). The average Bonchev–Trinajstić information content (AvgIpc) is 2.94. The molecule has 1 aliphatic rings. The molecule has 1 saturated heterocycles. The van der Waals surface area contributed by atoms with Gasteiger partial charge in [0.2, 0.25) is 15.9 Å². The zero-order valence-electron chi connectivity index (χ0n) is 24.4. The van der Waals surface area contributed by atoms with Gasteiger partial charge in [-0.2, -0.15) is 0 Å². The van der Waals surface area contributed by atoms with E-state index in [4.69, 9.17) is 4.74 Å². The van der Waals surface area contributed by atoms with Gasteiger partial charge in [0.25, 0.3) is 0 Å². The Labute approximate surface area is 244 Å². The molecule has 1 aromatic carbocycles. The molecule has 2 rings (SSSR count). The molecule has 1 aromatic rings. The van der Waals surface area contributed by atoms with Gasteiger partial charge in [0.1, 0.15) is 0 Å². The van der Waals surface area contributed by atoms with Gasteiger partial charge in [-0.3, -0.25) is 25.0 Å². The number of sulfonamides is 1. The molecule has 0 bridgehead atoms. The van der Waals surface area contributed by atoms with E-state index in [1.165, 1.54) is 6.42 Å². The van der Waals surface area contributed by atoms with Crippen LogP contribution in [-0.2, 0) is 19.6 Å². The van der Waals surface area contributed by atoms with Crippen molar-refractivity contribution in [3.8, 4) is 0 Å². The first-order valence-corrected chi connectivity index (χ1v) is 18.7. The molecule has 15 heteroatoms. The van der Waals surface area contributed by atoms with Gasteiger partial charge >= 0.3 is 11.4 Å². The van der Waals surface area contributed by atoms with E-state index in [0.29, 0.717) is 51.0 Å². The van der Waals surface area contributed by atoms with Crippen LogP contribution in [0.3, 0.4) is 0 Å². The van der Waals surface area contributed by atoms with E-state index < -0.39 is 44.9 Å². The molecule has 0 aliphatic carbocycles. The second kappa shape index (κ2) is 17.4. The fraction of sp³-hybridized carbons (Fsp3) is 0.731. The van der Waals surface area contributed by atoms with Crippen molar-refractivity contribution in [1.29, 1.82) is 0 Å². The number of ether oxygens (including phenoxy) is 1. The van der Waals surface area contributed by atoms with Crippen LogP contribution in [-0.4, -0.2) is 71.5 Å². The summed E-state index contributed by atoms with van der Waals surface area (Å²) in [5.74, 6) is -0.0957. The predicted octanol–water partition coefficient (Wildman–Crippen LogP) is 4.05. The summed E-state index contributed by atoms with van der Waals surface area (Å²) in [6.45, 7) is 8.17. The number of benzene rings is 1. The highest BCUT2D eigenvalue weighted by molar-refractivity contribution is 7.89. The summed E-state index contributed by atoms with van der Waals surface area (Å²) < 4.78 is 34.0. The predicted molar refractivity (Wildman–Crippen MR) is 161 cm³/mol. The SMILES string of the molecule is CCCN(CCC)c1c([N+](=O)[O-])cc(S(=O)(=O)NCCCCC(=O)NCCC[SiH](C)C2CCCCO2)cc1[N+](=O)[O-]. The molecule has 1 heterocycles. The van der Waals surface area contributed by atoms with Crippen LogP contribution in [0.2, 0.25) is 12.6 Å². The molecule has 13 nitrogen and oxygen atoms in total. The number of nitro benzene ring substituents is 2. The highest BCUT2D eigenvalue weighted by Gasteiger charge is 2.33. The number of anilines is 1. The minimum Gasteiger partial charge on any atom is -0.382 e. The van der Waals surface area contributed by atoms with Crippen LogP contribution >= 0.6 is 0 Å². The monoisotopic (exact) mass is 615 g/mol. The van der Waals surface area contributed by atoms with Crippen molar-refractivity contribution in [3.63, 3.8) is 0 Å². The van der Waals surface area contributed by atoms with Gasteiger partial charge < -0.3 is 15.0 Å². The van der Waals surface area contributed by atoms with Crippen molar-refractivity contribution in [3.05, 3.63) is 32.4 Å². The summed E-state index contributed by atoms with van der Waals surface area (Å²) in [6.07, 6.45) is 6.70. The molecule has 1 aliphatic heterocycles. The summed E-state index contributed by atoms with van der Waals surface area (Å²) in [5, 5.41) is 26.6. The normalized spacial score (nSPS) is 16.2. The third kappa shape index (κ3) is 10.9. The fourth-order valence-corrected chi connectivity index (χ4v) is 8.66. The van der Waals surface area contributed by atoms with Crippen LogP contribution in [0, 0.1) is 20.2 Å². The first-order chi connectivity index (χ1) is 19.5. The number of carbonyl (C=O) groups excluding carboxylic acids is 1. The Bertz CT molecular complexity index is 1090. The minimum atomic E-state index is -4.26. The topological polar surface area (TPSA) is 174 Å². The smallest absolute Gasteiger partial charge is 0.301 e. The number of rotatable bonds is 19. The number of nitrogens with zero attached hydrogens (tertiary/aromatic N) is 3. The number of hydrogen-bond donors (Lipinski definition) is 2. The maximum Gasteiger partial charge on any atom is 0.301 e. The van der Waals surface area contributed by atoms with Gasteiger partial charge in [-0.1, -0.05) is 26.4 Å². The number of amides is 1. The molecule has 1 fully saturated rings.